The van der Waals surface area contributed by atoms with E-state index in [0.29, 0.717) is 30.1 Å². The normalized spacial score (nSPS) is 18.0. The van der Waals surface area contributed by atoms with E-state index in [1.54, 1.807) is 24.3 Å². The molecule has 1 aromatic carbocycles. The first-order chi connectivity index (χ1) is 11.8. The topological polar surface area (TPSA) is 68.8 Å². The van der Waals surface area contributed by atoms with Gasteiger partial charge in [-0.15, -0.1) is 0 Å². The monoisotopic (exact) mass is 324 g/mol. The molecule has 2 aliphatic heterocycles. The van der Waals surface area contributed by atoms with Gasteiger partial charge in [0, 0.05) is 23.8 Å². The van der Waals surface area contributed by atoms with Crippen molar-refractivity contribution in [1.29, 1.82) is 0 Å². The fourth-order valence-corrected chi connectivity index (χ4v) is 2.88. The number of methoxy groups -OCH3 is 1. The third kappa shape index (κ3) is 2.42. The zero-order valence-corrected chi connectivity index (χ0v) is 13.1. The summed E-state index contributed by atoms with van der Waals surface area (Å²) in [5, 5.41) is 0. The Labute approximate surface area is 139 Å². The molecule has 0 radical (unpaired) electrons. The van der Waals surface area contributed by atoms with Crippen LogP contribution in [0.2, 0.25) is 0 Å². The fraction of sp³-hybridized carbons (Fsp3) is 0.167. The molecule has 24 heavy (non-hydrogen) atoms. The van der Waals surface area contributed by atoms with Crippen LogP contribution in [0.5, 0.6) is 5.75 Å². The Morgan fingerprint density at radius 2 is 2.12 bits per heavy atom. The third-order valence-electron chi connectivity index (χ3n) is 4.07. The number of benzene rings is 1. The van der Waals surface area contributed by atoms with Crippen molar-refractivity contribution in [1.82, 2.24) is 10.9 Å². The summed E-state index contributed by atoms with van der Waals surface area (Å²) < 4.78 is 16.5. The minimum absolute atomic E-state index is 0.398. The zero-order chi connectivity index (χ0) is 16.5. The molecule has 0 spiro atoms. The Morgan fingerprint density at radius 1 is 1.25 bits per heavy atom. The number of hydrazine groups is 1. The Bertz CT molecular complexity index is 833. The quantitative estimate of drug-likeness (QED) is 0.832. The van der Waals surface area contributed by atoms with E-state index in [1.807, 2.05) is 18.3 Å². The number of hydrogen-bond acceptors (Lipinski definition) is 6. The van der Waals surface area contributed by atoms with Gasteiger partial charge in [0.15, 0.2) is 0 Å². The number of carbonyl (C=O) groups is 1. The molecule has 0 bridgehead atoms. The zero-order valence-electron chi connectivity index (χ0n) is 13.1. The van der Waals surface area contributed by atoms with E-state index in [0.717, 1.165) is 22.6 Å². The lowest BCUT2D eigenvalue weighted by Gasteiger charge is -2.25. The highest BCUT2D eigenvalue weighted by Crippen LogP contribution is 2.35. The van der Waals surface area contributed by atoms with Gasteiger partial charge >= 0.3 is 5.97 Å². The van der Waals surface area contributed by atoms with Crippen LogP contribution in [0.3, 0.4) is 0 Å². The van der Waals surface area contributed by atoms with Crippen molar-refractivity contribution in [3.8, 4) is 5.75 Å². The highest BCUT2D eigenvalue weighted by molar-refractivity contribution is 5.93. The van der Waals surface area contributed by atoms with Crippen LogP contribution in [0.25, 0.3) is 0 Å². The van der Waals surface area contributed by atoms with E-state index < -0.39 is 5.97 Å². The average Bonchev–Trinajstić information content (AvgIpc) is 3.11. The lowest BCUT2D eigenvalue weighted by molar-refractivity contribution is 0.0611. The lowest BCUT2D eigenvalue weighted by atomic mass is 9.97. The number of nitrogens with one attached hydrogen (secondary N) is 2. The highest BCUT2D eigenvalue weighted by atomic mass is 16.5. The maximum Gasteiger partial charge on any atom is 0.347 e. The van der Waals surface area contributed by atoms with Crippen LogP contribution in [0.15, 0.2) is 71.0 Å². The van der Waals surface area contributed by atoms with Crippen molar-refractivity contribution in [3.05, 3.63) is 76.5 Å². The predicted octanol–water partition coefficient (Wildman–Crippen LogP) is 2.30. The molecule has 0 atom stereocenters. The van der Waals surface area contributed by atoms with Crippen LogP contribution in [0, 0.1) is 0 Å². The molecular formula is C18H16N2O4. The second-order valence-electron chi connectivity index (χ2n) is 5.51. The van der Waals surface area contributed by atoms with E-state index in [4.69, 9.17) is 14.2 Å². The Balaban J connectivity index is 1.57. The molecule has 0 amide bonds. The van der Waals surface area contributed by atoms with Crippen LogP contribution in [0.4, 0.5) is 0 Å². The Kier molecular flexibility index (Phi) is 3.49. The third-order valence-corrected chi connectivity index (χ3v) is 4.07. The van der Waals surface area contributed by atoms with Crippen molar-refractivity contribution in [2.75, 3.05) is 13.7 Å². The first kappa shape index (κ1) is 14.4. The van der Waals surface area contributed by atoms with Gasteiger partial charge in [-0.2, -0.15) is 0 Å². The summed E-state index contributed by atoms with van der Waals surface area (Å²) in [6, 6.07) is 7.00. The Hall–Kier alpha value is -3.15. The summed E-state index contributed by atoms with van der Waals surface area (Å²) in [7, 11) is 1.53. The van der Waals surface area contributed by atoms with Crippen molar-refractivity contribution in [3.63, 3.8) is 0 Å². The standard InChI is InChI=1S/C18H16N2O4/c1-22-15-5-3-2-4-13(15)18(21)24-12-6-7-16-14(8-12)17-11(10-23-16)9-19-20-17/h2-7,9,19-20H,8,10H2,1H3. The van der Waals surface area contributed by atoms with E-state index in [1.165, 1.54) is 7.11 Å². The van der Waals surface area contributed by atoms with Gasteiger partial charge in [0.1, 0.15) is 29.4 Å². The fourth-order valence-electron chi connectivity index (χ4n) is 2.88. The molecule has 1 aromatic rings. The first-order valence-corrected chi connectivity index (χ1v) is 7.59. The number of rotatable bonds is 3. The van der Waals surface area contributed by atoms with Crippen LogP contribution in [-0.4, -0.2) is 19.7 Å². The van der Waals surface area contributed by atoms with Crippen molar-refractivity contribution >= 4 is 5.97 Å². The first-order valence-electron chi connectivity index (χ1n) is 7.59. The molecule has 0 saturated carbocycles. The van der Waals surface area contributed by atoms with Crippen molar-refractivity contribution in [2.45, 2.75) is 6.42 Å². The molecule has 0 fully saturated rings. The second-order valence-corrected chi connectivity index (χ2v) is 5.51. The molecule has 0 saturated heterocycles. The molecule has 122 valence electrons. The van der Waals surface area contributed by atoms with Gasteiger partial charge in [-0.3, -0.25) is 0 Å². The largest absolute Gasteiger partial charge is 0.496 e. The summed E-state index contributed by atoms with van der Waals surface area (Å²) in [5.74, 6) is 1.42. The maximum atomic E-state index is 12.4. The number of ether oxygens (including phenoxy) is 3. The van der Waals surface area contributed by atoms with Gasteiger partial charge in [-0.05, 0) is 24.3 Å². The minimum Gasteiger partial charge on any atom is -0.496 e. The van der Waals surface area contributed by atoms with Crippen LogP contribution in [0.1, 0.15) is 16.8 Å². The van der Waals surface area contributed by atoms with Gasteiger partial charge in [-0.1, -0.05) is 12.1 Å². The highest BCUT2D eigenvalue weighted by Gasteiger charge is 2.29. The number of esters is 1. The SMILES string of the molecule is COc1ccccc1C(=O)OC1=CC=C2OCC3=CNNC3=C2C1. The minimum atomic E-state index is -0.439. The number of hydrogen-bond donors (Lipinski definition) is 2. The lowest BCUT2D eigenvalue weighted by Crippen LogP contribution is -2.25. The number of para-hydroxylation sites is 1. The molecule has 2 heterocycles. The molecule has 2 N–H and O–H groups in total. The summed E-state index contributed by atoms with van der Waals surface area (Å²) in [6.07, 6.45) is 5.95. The molecule has 4 rings (SSSR count). The molecular weight excluding hydrogens is 308 g/mol. The number of carbonyl (C=O) groups excluding carboxylic acids is 1. The van der Waals surface area contributed by atoms with Crippen molar-refractivity contribution in [2.24, 2.45) is 0 Å². The smallest absolute Gasteiger partial charge is 0.347 e. The molecule has 0 unspecified atom stereocenters. The van der Waals surface area contributed by atoms with E-state index in [2.05, 4.69) is 10.9 Å². The average molecular weight is 324 g/mol. The van der Waals surface area contributed by atoms with Gasteiger partial charge in [0.05, 0.1) is 12.8 Å². The van der Waals surface area contributed by atoms with Crippen LogP contribution in [-0.2, 0) is 9.47 Å². The van der Waals surface area contributed by atoms with E-state index >= 15 is 0 Å². The molecule has 6 nitrogen and oxygen atoms in total. The molecule has 3 aliphatic rings. The Morgan fingerprint density at radius 3 is 3.00 bits per heavy atom. The second kappa shape index (κ2) is 5.81. The summed E-state index contributed by atoms with van der Waals surface area (Å²) in [4.78, 5) is 12.4. The van der Waals surface area contributed by atoms with Gasteiger partial charge in [0.2, 0.25) is 0 Å². The van der Waals surface area contributed by atoms with Crippen molar-refractivity contribution < 1.29 is 19.0 Å². The van der Waals surface area contributed by atoms with Crippen LogP contribution >= 0.6 is 0 Å². The summed E-state index contributed by atoms with van der Waals surface area (Å²) in [6.45, 7) is 0.523. The van der Waals surface area contributed by atoms with Crippen LogP contribution < -0.4 is 15.6 Å². The van der Waals surface area contributed by atoms with Gasteiger partial charge in [0.25, 0.3) is 0 Å². The number of allylic oxidation sites excluding steroid dienone is 4. The van der Waals surface area contributed by atoms with Gasteiger partial charge in [-0.25, -0.2) is 4.79 Å². The maximum absolute atomic E-state index is 12.4. The molecule has 1 aliphatic carbocycles. The predicted molar refractivity (Wildman–Crippen MR) is 86.5 cm³/mol. The summed E-state index contributed by atoms with van der Waals surface area (Å²) in [5.41, 5.74) is 9.50. The summed E-state index contributed by atoms with van der Waals surface area (Å²) >= 11 is 0. The molecule has 0 aromatic heterocycles. The molecule has 6 heteroatoms. The van der Waals surface area contributed by atoms with E-state index in [-0.39, 0.29) is 0 Å². The number of fused-ring (bicyclic) bond motifs is 2. The van der Waals surface area contributed by atoms with Gasteiger partial charge < -0.3 is 25.1 Å². The van der Waals surface area contributed by atoms with E-state index in [9.17, 15) is 4.79 Å².